The summed E-state index contributed by atoms with van der Waals surface area (Å²) in [6.45, 7) is 5.33. The van der Waals surface area contributed by atoms with Crippen LogP contribution in [-0.4, -0.2) is 31.6 Å². The fourth-order valence-electron chi connectivity index (χ4n) is 2.98. The van der Waals surface area contributed by atoms with Crippen molar-refractivity contribution in [1.82, 2.24) is 4.31 Å². The van der Waals surface area contributed by atoms with Gasteiger partial charge in [0.15, 0.2) is 0 Å². The summed E-state index contributed by atoms with van der Waals surface area (Å²) in [6.07, 6.45) is 0. The first-order chi connectivity index (χ1) is 11.5. The quantitative estimate of drug-likeness (QED) is 0.754. The van der Waals surface area contributed by atoms with Crippen LogP contribution < -0.4 is 0 Å². The van der Waals surface area contributed by atoms with Gasteiger partial charge in [-0.3, -0.25) is 0 Å². The minimum atomic E-state index is -3.38. The van der Waals surface area contributed by atoms with Gasteiger partial charge in [0, 0.05) is 23.7 Å². The van der Waals surface area contributed by atoms with Crippen molar-refractivity contribution in [3.63, 3.8) is 0 Å². The number of sulfonamides is 1. The zero-order chi connectivity index (χ0) is 17.2. The van der Waals surface area contributed by atoms with E-state index in [1.54, 1.807) is 16.4 Å². The van der Waals surface area contributed by atoms with Crippen LogP contribution in [0.2, 0.25) is 0 Å². The third kappa shape index (κ3) is 3.85. The van der Waals surface area contributed by atoms with E-state index in [1.807, 2.05) is 49.0 Å². The van der Waals surface area contributed by atoms with Crippen LogP contribution in [0.5, 0.6) is 0 Å². The van der Waals surface area contributed by atoms with Gasteiger partial charge in [0.1, 0.15) is 0 Å². The van der Waals surface area contributed by atoms with Crippen LogP contribution >= 0.6 is 11.8 Å². The summed E-state index contributed by atoms with van der Waals surface area (Å²) < 4.78 is 27.3. The number of benzene rings is 2. The fraction of sp³-hybridized carbons (Fsp3) is 0.368. The van der Waals surface area contributed by atoms with Crippen LogP contribution in [0.3, 0.4) is 0 Å². The van der Waals surface area contributed by atoms with E-state index in [1.165, 1.54) is 4.90 Å². The Morgan fingerprint density at radius 3 is 2.38 bits per heavy atom. The van der Waals surface area contributed by atoms with E-state index in [9.17, 15) is 8.42 Å². The normalized spacial score (nSPS) is 21.9. The second-order valence-electron chi connectivity index (χ2n) is 6.50. The summed E-state index contributed by atoms with van der Waals surface area (Å²) in [4.78, 5) is 1.64. The van der Waals surface area contributed by atoms with E-state index in [4.69, 9.17) is 0 Å². The van der Waals surface area contributed by atoms with Crippen molar-refractivity contribution in [1.29, 1.82) is 0 Å². The standard InChI is InChI=1S/C19H23NO2S2/c1-15-8-10-19(11-9-15)24(21,22)20-12-16(2)17(13-20)14-23-18-6-4-3-5-7-18/h3-11,16-17H,12-14H2,1-2H3. The molecule has 3 nitrogen and oxygen atoms in total. The van der Waals surface area contributed by atoms with Gasteiger partial charge < -0.3 is 0 Å². The van der Waals surface area contributed by atoms with Gasteiger partial charge in [0.05, 0.1) is 4.90 Å². The van der Waals surface area contributed by atoms with Crippen molar-refractivity contribution in [2.45, 2.75) is 23.6 Å². The average Bonchev–Trinajstić information content (AvgIpc) is 2.96. The number of rotatable bonds is 5. The van der Waals surface area contributed by atoms with Gasteiger partial charge >= 0.3 is 0 Å². The van der Waals surface area contributed by atoms with Crippen molar-refractivity contribution in [3.05, 3.63) is 60.2 Å². The number of hydrogen-bond acceptors (Lipinski definition) is 3. The molecule has 24 heavy (non-hydrogen) atoms. The highest BCUT2D eigenvalue weighted by molar-refractivity contribution is 7.99. The Morgan fingerprint density at radius 2 is 1.71 bits per heavy atom. The van der Waals surface area contributed by atoms with E-state index in [-0.39, 0.29) is 0 Å². The first kappa shape index (κ1) is 17.5. The average molecular weight is 362 g/mol. The Morgan fingerprint density at radius 1 is 1.04 bits per heavy atom. The molecule has 2 aromatic rings. The molecule has 2 atom stereocenters. The van der Waals surface area contributed by atoms with E-state index in [0.717, 1.165) is 11.3 Å². The van der Waals surface area contributed by atoms with Gasteiger partial charge in [-0.1, -0.05) is 42.8 Å². The Hall–Kier alpha value is -1.30. The molecule has 2 unspecified atom stereocenters. The summed E-state index contributed by atoms with van der Waals surface area (Å²) in [6, 6.07) is 17.4. The summed E-state index contributed by atoms with van der Waals surface area (Å²) >= 11 is 1.81. The van der Waals surface area contributed by atoms with E-state index < -0.39 is 10.0 Å². The Bertz CT molecular complexity index is 773. The second-order valence-corrected chi connectivity index (χ2v) is 9.53. The summed E-state index contributed by atoms with van der Waals surface area (Å²) in [5, 5.41) is 0. The molecular weight excluding hydrogens is 338 g/mol. The molecule has 0 N–H and O–H groups in total. The monoisotopic (exact) mass is 361 g/mol. The lowest BCUT2D eigenvalue weighted by Crippen LogP contribution is -2.29. The third-order valence-electron chi connectivity index (χ3n) is 4.60. The van der Waals surface area contributed by atoms with Crippen LogP contribution in [0.4, 0.5) is 0 Å². The molecule has 0 spiro atoms. The number of aryl methyl sites for hydroxylation is 1. The van der Waals surface area contributed by atoms with Crippen molar-refractivity contribution in [3.8, 4) is 0 Å². The molecule has 1 fully saturated rings. The van der Waals surface area contributed by atoms with Crippen molar-refractivity contribution in [2.24, 2.45) is 11.8 Å². The predicted octanol–water partition coefficient (Wildman–Crippen LogP) is 4.04. The van der Waals surface area contributed by atoms with Gasteiger partial charge in [-0.25, -0.2) is 8.42 Å². The smallest absolute Gasteiger partial charge is 0.207 e. The lowest BCUT2D eigenvalue weighted by molar-refractivity contribution is 0.463. The van der Waals surface area contributed by atoms with Crippen LogP contribution in [-0.2, 0) is 10.0 Å². The zero-order valence-electron chi connectivity index (χ0n) is 14.1. The summed E-state index contributed by atoms with van der Waals surface area (Å²) in [7, 11) is -3.38. The summed E-state index contributed by atoms with van der Waals surface area (Å²) in [5.74, 6) is 1.71. The molecule has 0 aliphatic carbocycles. The molecule has 2 aromatic carbocycles. The predicted molar refractivity (Wildman–Crippen MR) is 99.8 cm³/mol. The Labute approximate surface area is 149 Å². The molecule has 1 aliphatic heterocycles. The minimum absolute atomic E-state index is 0.376. The highest BCUT2D eigenvalue weighted by Crippen LogP contribution is 2.32. The highest BCUT2D eigenvalue weighted by Gasteiger charge is 2.36. The fourth-order valence-corrected chi connectivity index (χ4v) is 5.77. The van der Waals surface area contributed by atoms with Crippen molar-refractivity contribution >= 4 is 21.8 Å². The van der Waals surface area contributed by atoms with Crippen LogP contribution in [0.15, 0.2) is 64.4 Å². The van der Waals surface area contributed by atoms with E-state index in [2.05, 4.69) is 19.1 Å². The maximum absolute atomic E-state index is 12.8. The van der Waals surface area contributed by atoms with Gasteiger partial charge in [0.2, 0.25) is 10.0 Å². The molecule has 1 heterocycles. The molecule has 0 saturated carbocycles. The van der Waals surface area contributed by atoms with E-state index >= 15 is 0 Å². The maximum atomic E-state index is 12.8. The number of hydrogen-bond donors (Lipinski definition) is 0. The lowest BCUT2D eigenvalue weighted by Gasteiger charge is -2.16. The highest BCUT2D eigenvalue weighted by atomic mass is 32.2. The molecule has 1 aliphatic rings. The first-order valence-corrected chi connectivity index (χ1v) is 10.6. The largest absolute Gasteiger partial charge is 0.243 e. The minimum Gasteiger partial charge on any atom is -0.207 e. The molecule has 0 amide bonds. The van der Waals surface area contributed by atoms with Gasteiger partial charge in [-0.2, -0.15) is 4.31 Å². The molecule has 3 rings (SSSR count). The molecule has 0 aromatic heterocycles. The maximum Gasteiger partial charge on any atom is 0.243 e. The van der Waals surface area contributed by atoms with Crippen LogP contribution in [0.1, 0.15) is 12.5 Å². The van der Waals surface area contributed by atoms with Crippen LogP contribution in [0, 0.1) is 18.8 Å². The first-order valence-electron chi connectivity index (χ1n) is 8.21. The van der Waals surface area contributed by atoms with Gasteiger partial charge in [-0.15, -0.1) is 11.8 Å². The third-order valence-corrected chi connectivity index (χ3v) is 7.65. The van der Waals surface area contributed by atoms with Gasteiger partial charge in [-0.05, 0) is 43.0 Å². The molecular formula is C19H23NO2S2. The van der Waals surface area contributed by atoms with E-state index in [0.29, 0.717) is 29.8 Å². The summed E-state index contributed by atoms with van der Waals surface area (Å²) in [5.41, 5.74) is 1.07. The topological polar surface area (TPSA) is 37.4 Å². The molecule has 0 bridgehead atoms. The molecule has 5 heteroatoms. The molecule has 1 saturated heterocycles. The van der Waals surface area contributed by atoms with Crippen molar-refractivity contribution < 1.29 is 8.42 Å². The van der Waals surface area contributed by atoms with Crippen molar-refractivity contribution in [2.75, 3.05) is 18.8 Å². The number of thioether (sulfide) groups is 1. The SMILES string of the molecule is Cc1ccc(S(=O)(=O)N2CC(C)C(CSc3ccccc3)C2)cc1. The van der Waals surface area contributed by atoms with Gasteiger partial charge in [0.25, 0.3) is 0 Å². The Kier molecular flexibility index (Phi) is 5.33. The second kappa shape index (κ2) is 7.30. The zero-order valence-corrected chi connectivity index (χ0v) is 15.7. The molecule has 0 radical (unpaired) electrons. The number of nitrogens with zero attached hydrogens (tertiary/aromatic N) is 1. The van der Waals surface area contributed by atoms with Crippen LogP contribution in [0.25, 0.3) is 0 Å². The lowest BCUT2D eigenvalue weighted by atomic mass is 10.0. The Balaban J connectivity index is 1.67. The molecule has 128 valence electrons.